The van der Waals surface area contributed by atoms with Gasteiger partial charge in [-0.2, -0.15) is 0 Å². The molecular formula is C17H26ClN. The molecule has 0 aliphatic heterocycles. The summed E-state index contributed by atoms with van der Waals surface area (Å²) in [6.07, 6.45) is 5.06. The first-order valence-corrected chi connectivity index (χ1v) is 7.98. The Morgan fingerprint density at radius 2 is 2.11 bits per heavy atom. The second kappa shape index (κ2) is 6.76. The summed E-state index contributed by atoms with van der Waals surface area (Å²) in [6, 6.07) is 7.00. The highest BCUT2D eigenvalue weighted by Gasteiger charge is 2.33. The SMILES string of the molecule is CCCNC(Cc1ccc(C)cc1Cl)C(C)C1CC1. The molecule has 1 aromatic rings. The van der Waals surface area contributed by atoms with Gasteiger partial charge in [-0.25, -0.2) is 0 Å². The van der Waals surface area contributed by atoms with Crippen molar-refractivity contribution in [1.29, 1.82) is 0 Å². The maximum atomic E-state index is 6.38. The highest BCUT2D eigenvalue weighted by atomic mass is 35.5. The van der Waals surface area contributed by atoms with E-state index < -0.39 is 0 Å². The maximum Gasteiger partial charge on any atom is 0.0441 e. The van der Waals surface area contributed by atoms with Gasteiger partial charge in [-0.15, -0.1) is 0 Å². The van der Waals surface area contributed by atoms with Crippen LogP contribution in [0.4, 0.5) is 0 Å². The minimum atomic E-state index is 0.563. The molecule has 2 unspecified atom stereocenters. The van der Waals surface area contributed by atoms with Crippen molar-refractivity contribution in [3.05, 3.63) is 34.3 Å². The molecule has 1 nitrogen and oxygen atoms in total. The van der Waals surface area contributed by atoms with E-state index in [1.54, 1.807) is 0 Å². The van der Waals surface area contributed by atoms with Crippen molar-refractivity contribution in [3.8, 4) is 0 Å². The van der Waals surface area contributed by atoms with Gasteiger partial charge in [0.05, 0.1) is 0 Å². The molecule has 1 fully saturated rings. The average Bonchev–Trinajstić information content (AvgIpc) is 3.20. The van der Waals surface area contributed by atoms with Crippen LogP contribution in [0.15, 0.2) is 18.2 Å². The zero-order valence-electron chi connectivity index (χ0n) is 12.4. The lowest BCUT2D eigenvalue weighted by Gasteiger charge is -2.26. The maximum absolute atomic E-state index is 6.38. The van der Waals surface area contributed by atoms with Gasteiger partial charge in [-0.3, -0.25) is 0 Å². The molecule has 1 N–H and O–H groups in total. The fraction of sp³-hybridized carbons (Fsp3) is 0.647. The van der Waals surface area contributed by atoms with Crippen molar-refractivity contribution < 1.29 is 0 Å². The van der Waals surface area contributed by atoms with E-state index in [0.717, 1.165) is 29.8 Å². The van der Waals surface area contributed by atoms with Crippen molar-refractivity contribution in [2.75, 3.05) is 6.54 Å². The molecule has 2 rings (SSSR count). The van der Waals surface area contributed by atoms with Gasteiger partial charge >= 0.3 is 0 Å². The van der Waals surface area contributed by atoms with Crippen molar-refractivity contribution in [1.82, 2.24) is 5.32 Å². The van der Waals surface area contributed by atoms with E-state index in [9.17, 15) is 0 Å². The summed E-state index contributed by atoms with van der Waals surface area (Å²) in [7, 11) is 0. The first-order chi connectivity index (χ1) is 9.11. The molecule has 1 saturated carbocycles. The van der Waals surface area contributed by atoms with Crippen LogP contribution in [0, 0.1) is 18.8 Å². The van der Waals surface area contributed by atoms with Gasteiger partial charge in [0.1, 0.15) is 0 Å². The van der Waals surface area contributed by atoms with Crippen LogP contribution in [-0.4, -0.2) is 12.6 Å². The number of hydrogen-bond acceptors (Lipinski definition) is 1. The number of aryl methyl sites for hydroxylation is 1. The molecular weight excluding hydrogens is 254 g/mol. The number of nitrogens with one attached hydrogen (secondary N) is 1. The van der Waals surface area contributed by atoms with E-state index >= 15 is 0 Å². The smallest absolute Gasteiger partial charge is 0.0441 e. The molecule has 0 amide bonds. The summed E-state index contributed by atoms with van der Waals surface area (Å²) < 4.78 is 0. The van der Waals surface area contributed by atoms with Gasteiger partial charge in [-0.1, -0.05) is 37.6 Å². The second-order valence-electron chi connectivity index (χ2n) is 6.06. The third kappa shape index (κ3) is 4.22. The largest absolute Gasteiger partial charge is 0.313 e. The van der Waals surface area contributed by atoms with Gasteiger partial charge in [0.15, 0.2) is 0 Å². The molecule has 0 bridgehead atoms. The summed E-state index contributed by atoms with van der Waals surface area (Å²) >= 11 is 6.38. The van der Waals surface area contributed by atoms with Crippen LogP contribution in [-0.2, 0) is 6.42 Å². The lowest BCUT2D eigenvalue weighted by Crippen LogP contribution is -2.38. The highest BCUT2D eigenvalue weighted by Crippen LogP contribution is 2.39. The Bertz CT molecular complexity index is 412. The summed E-state index contributed by atoms with van der Waals surface area (Å²) in [4.78, 5) is 0. The summed E-state index contributed by atoms with van der Waals surface area (Å²) in [6.45, 7) is 7.82. The Morgan fingerprint density at radius 3 is 2.68 bits per heavy atom. The van der Waals surface area contributed by atoms with E-state index in [0.29, 0.717) is 6.04 Å². The lowest BCUT2D eigenvalue weighted by atomic mass is 9.91. The number of rotatable bonds is 7. The average molecular weight is 280 g/mol. The Labute approximate surface area is 122 Å². The summed E-state index contributed by atoms with van der Waals surface area (Å²) in [5, 5.41) is 4.64. The molecule has 2 heteroatoms. The summed E-state index contributed by atoms with van der Waals surface area (Å²) in [5.41, 5.74) is 2.52. The normalized spacial score (nSPS) is 18.3. The van der Waals surface area contributed by atoms with E-state index in [-0.39, 0.29) is 0 Å². The Kier molecular flexibility index (Phi) is 5.29. The molecule has 2 atom stereocenters. The molecule has 106 valence electrons. The molecule has 0 saturated heterocycles. The molecule has 0 heterocycles. The molecule has 0 spiro atoms. The fourth-order valence-corrected chi connectivity index (χ4v) is 3.09. The second-order valence-corrected chi connectivity index (χ2v) is 6.46. The van der Waals surface area contributed by atoms with Crippen molar-refractivity contribution in [2.45, 2.75) is 52.5 Å². The van der Waals surface area contributed by atoms with Crippen LogP contribution < -0.4 is 5.32 Å². The molecule has 1 aliphatic carbocycles. The molecule has 1 aliphatic rings. The lowest BCUT2D eigenvalue weighted by molar-refractivity contribution is 0.339. The first-order valence-electron chi connectivity index (χ1n) is 7.60. The van der Waals surface area contributed by atoms with Crippen LogP contribution >= 0.6 is 11.6 Å². The fourth-order valence-electron chi connectivity index (χ4n) is 2.78. The standard InChI is InChI=1S/C17H26ClN/c1-4-9-19-17(13(3)14-7-8-14)11-15-6-5-12(2)10-16(15)18/h5-6,10,13-14,17,19H,4,7-9,11H2,1-3H3. The van der Waals surface area contributed by atoms with Crippen LogP contribution in [0.5, 0.6) is 0 Å². The Morgan fingerprint density at radius 1 is 1.37 bits per heavy atom. The minimum Gasteiger partial charge on any atom is -0.313 e. The molecule has 0 radical (unpaired) electrons. The number of benzene rings is 1. The van der Waals surface area contributed by atoms with Gasteiger partial charge in [0.25, 0.3) is 0 Å². The van der Waals surface area contributed by atoms with Crippen LogP contribution in [0.25, 0.3) is 0 Å². The van der Waals surface area contributed by atoms with Crippen LogP contribution in [0.1, 0.15) is 44.2 Å². The zero-order chi connectivity index (χ0) is 13.8. The van der Waals surface area contributed by atoms with Crippen LogP contribution in [0.3, 0.4) is 0 Å². The Balaban J connectivity index is 2.05. The van der Waals surface area contributed by atoms with Gasteiger partial charge < -0.3 is 5.32 Å². The van der Waals surface area contributed by atoms with E-state index in [2.05, 4.69) is 44.3 Å². The van der Waals surface area contributed by atoms with Gasteiger partial charge in [0, 0.05) is 11.1 Å². The number of halogens is 1. The quantitative estimate of drug-likeness (QED) is 0.769. The van der Waals surface area contributed by atoms with Gasteiger partial charge in [0.2, 0.25) is 0 Å². The zero-order valence-corrected chi connectivity index (χ0v) is 13.1. The third-order valence-corrected chi connectivity index (χ3v) is 4.66. The van der Waals surface area contributed by atoms with Gasteiger partial charge in [-0.05, 0) is 68.2 Å². The highest BCUT2D eigenvalue weighted by molar-refractivity contribution is 6.31. The topological polar surface area (TPSA) is 12.0 Å². The van der Waals surface area contributed by atoms with Crippen molar-refractivity contribution in [3.63, 3.8) is 0 Å². The predicted molar refractivity (Wildman–Crippen MR) is 83.9 cm³/mol. The van der Waals surface area contributed by atoms with E-state index in [4.69, 9.17) is 11.6 Å². The van der Waals surface area contributed by atoms with E-state index in [1.807, 2.05) is 0 Å². The predicted octanol–water partition coefficient (Wildman–Crippen LogP) is 4.61. The van der Waals surface area contributed by atoms with E-state index in [1.165, 1.54) is 30.4 Å². The van der Waals surface area contributed by atoms with Crippen molar-refractivity contribution in [2.24, 2.45) is 11.8 Å². The first kappa shape index (κ1) is 14.9. The summed E-state index contributed by atoms with van der Waals surface area (Å²) in [5.74, 6) is 1.68. The molecule has 19 heavy (non-hydrogen) atoms. The van der Waals surface area contributed by atoms with Crippen LogP contribution in [0.2, 0.25) is 5.02 Å². The molecule has 0 aromatic heterocycles. The minimum absolute atomic E-state index is 0.563. The number of hydrogen-bond donors (Lipinski definition) is 1. The Hall–Kier alpha value is -0.530. The monoisotopic (exact) mass is 279 g/mol. The molecule has 1 aromatic carbocycles. The third-order valence-electron chi connectivity index (χ3n) is 4.31. The van der Waals surface area contributed by atoms with Crippen molar-refractivity contribution >= 4 is 11.6 Å².